The maximum Gasteiger partial charge on any atom is 0.433 e. The fourth-order valence-corrected chi connectivity index (χ4v) is 2.51. The van der Waals surface area contributed by atoms with E-state index in [1.54, 1.807) is 4.90 Å². The monoisotopic (exact) mass is 287 g/mol. The number of anilines is 1. The van der Waals surface area contributed by atoms with Crippen LogP contribution in [0.2, 0.25) is 0 Å². The molecule has 108 valence electrons. The lowest BCUT2D eigenvalue weighted by molar-refractivity contribution is -0.402. The highest BCUT2D eigenvalue weighted by molar-refractivity contribution is 5.92. The third-order valence-corrected chi connectivity index (χ3v) is 3.57. The molecule has 1 aromatic carbocycles. The number of carbonyl (C=O) groups is 1. The SMILES string of the molecule is Nc1cccc2c1CCN(C(=O)c1ccc([N+](=O)[O-])o1)C2. The first kappa shape index (κ1) is 13.2. The van der Waals surface area contributed by atoms with Gasteiger partial charge in [0.05, 0.1) is 6.07 Å². The van der Waals surface area contributed by atoms with E-state index in [-0.39, 0.29) is 11.7 Å². The minimum atomic E-state index is -0.664. The summed E-state index contributed by atoms with van der Waals surface area (Å²) in [7, 11) is 0. The number of hydrogen-bond acceptors (Lipinski definition) is 5. The summed E-state index contributed by atoms with van der Waals surface area (Å²) < 4.78 is 4.96. The van der Waals surface area contributed by atoms with Gasteiger partial charge in [-0.3, -0.25) is 14.9 Å². The van der Waals surface area contributed by atoms with E-state index in [9.17, 15) is 14.9 Å². The van der Waals surface area contributed by atoms with Crippen LogP contribution in [-0.2, 0) is 13.0 Å². The van der Waals surface area contributed by atoms with E-state index in [2.05, 4.69) is 0 Å². The minimum absolute atomic E-state index is 0.0194. The zero-order chi connectivity index (χ0) is 15.0. The highest BCUT2D eigenvalue weighted by atomic mass is 16.6. The second-order valence-corrected chi connectivity index (χ2v) is 4.86. The predicted molar refractivity (Wildman–Crippen MR) is 74.7 cm³/mol. The Hall–Kier alpha value is -2.83. The molecule has 0 saturated carbocycles. The summed E-state index contributed by atoms with van der Waals surface area (Å²) in [5.41, 5.74) is 8.70. The van der Waals surface area contributed by atoms with Crippen molar-refractivity contribution in [1.82, 2.24) is 4.90 Å². The fourth-order valence-electron chi connectivity index (χ4n) is 2.51. The van der Waals surface area contributed by atoms with Crippen molar-refractivity contribution in [3.05, 3.63) is 57.3 Å². The van der Waals surface area contributed by atoms with Crippen molar-refractivity contribution in [1.29, 1.82) is 0 Å². The number of nitrogens with two attached hydrogens (primary N) is 1. The second kappa shape index (κ2) is 4.93. The topological polar surface area (TPSA) is 103 Å². The Morgan fingerprint density at radius 2 is 2.14 bits per heavy atom. The fraction of sp³-hybridized carbons (Fsp3) is 0.214. The normalized spacial score (nSPS) is 13.8. The van der Waals surface area contributed by atoms with E-state index >= 15 is 0 Å². The van der Waals surface area contributed by atoms with Crippen molar-refractivity contribution in [3.63, 3.8) is 0 Å². The number of nitrogen functional groups attached to an aromatic ring is 1. The van der Waals surface area contributed by atoms with Gasteiger partial charge in [0, 0.05) is 18.8 Å². The van der Waals surface area contributed by atoms with Crippen molar-refractivity contribution >= 4 is 17.5 Å². The van der Waals surface area contributed by atoms with Gasteiger partial charge in [0.1, 0.15) is 4.92 Å². The van der Waals surface area contributed by atoms with Gasteiger partial charge in [-0.15, -0.1) is 0 Å². The zero-order valence-electron chi connectivity index (χ0n) is 11.1. The van der Waals surface area contributed by atoms with Crippen LogP contribution in [-0.4, -0.2) is 22.3 Å². The molecular weight excluding hydrogens is 274 g/mol. The Morgan fingerprint density at radius 3 is 2.86 bits per heavy atom. The van der Waals surface area contributed by atoms with Crippen molar-refractivity contribution in [2.45, 2.75) is 13.0 Å². The molecular formula is C14H13N3O4. The van der Waals surface area contributed by atoms with Crippen LogP contribution in [0.15, 0.2) is 34.7 Å². The number of furan rings is 1. The number of fused-ring (bicyclic) bond motifs is 1. The lowest BCUT2D eigenvalue weighted by Gasteiger charge is -2.28. The Bertz CT molecular complexity index is 723. The number of rotatable bonds is 2. The van der Waals surface area contributed by atoms with Gasteiger partial charge in [-0.1, -0.05) is 12.1 Å². The van der Waals surface area contributed by atoms with Gasteiger partial charge in [-0.2, -0.15) is 0 Å². The largest absolute Gasteiger partial charge is 0.433 e. The Morgan fingerprint density at radius 1 is 1.33 bits per heavy atom. The van der Waals surface area contributed by atoms with Gasteiger partial charge in [0.15, 0.2) is 5.76 Å². The third kappa shape index (κ3) is 2.33. The maximum absolute atomic E-state index is 12.3. The first-order valence-electron chi connectivity index (χ1n) is 6.46. The molecule has 21 heavy (non-hydrogen) atoms. The quantitative estimate of drug-likeness (QED) is 0.516. The first-order chi connectivity index (χ1) is 10.1. The molecule has 2 aromatic rings. The van der Waals surface area contributed by atoms with E-state index < -0.39 is 10.8 Å². The smallest absolute Gasteiger partial charge is 0.398 e. The molecule has 0 unspecified atom stereocenters. The standard InChI is InChI=1S/C14H13N3O4/c15-11-3-1-2-9-8-16(7-6-10(9)11)14(18)12-4-5-13(21-12)17(19)20/h1-5H,6-8,15H2. The van der Waals surface area contributed by atoms with Crippen LogP contribution < -0.4 is 5.73 Å². The summed E-state index contributed by atoms with van der Waals surface area (Å²) in [6.07, 6.45) is 0.663. The molecule has 0 radical (unpaired) electrons. The van der Waals surface area contributed by atoms with Crippen LogP contribution >= 0.6 is 0 Å². The molecule has 0 spiro atoms. The van der Waals surface area contributed by atoms with Crippen molar-refractivity contribution in [2.75, 3.05) is 12.3 Å². The average molecular weight is 287 g/mol. The number of carbonyl (C=O) groups excluding carboxylic acids is 1. The van der Waals surface area contributed by atoms with E-state index in [1.807, 2.05) is 18.2 Å². The van der Waals surface area contributed by atoms with Gasteiger partial charge in [-0.25, -0.2) is 0 Å². The molecule has 2 heterocycles. The maximum atomic E-state index is 12.3. The van der Waals surface area contributed by atoms with Crippen LogP contribution in [0.1, 0.15) is 21.7 Å². The molecule has 0 atom stereocenters. The predicted octanol–water partition coefficient (Wildman–Crippen LogP) is 1.97. The molecule has 1 aromatic heterocycles. The summed E-state index contributed by atoms with van der Waals surface area (Å²) >= 11 is 0. The van der Waals surface area contributed by atoms with Gasteiger partial charge in [0.2, 0.25) is 0 Å². The van der Waals surface area contributed by atoms with Gasteiger partial charge in [-0.05, 0) is 29.7 Å². The van der Waals surface area contributed by atoms with Crippen molar-refractivity contribution in [2.24, 2.45) is 0 Å². The molecule has 1 aliphatic rings. The lowest BCUT2D eigenvalue weighted by atomic mass is 9.98. The van der Waals surface area contributed by atoms with E-state index in [1.165, 1.54) is 12.1 Å². The zero-order valence-corrected chi connectivity index (χ0v) is 11.1. The minimum Gasteiger partial charge on any atom is -0.398 e. The summed E-state index contributed by atoms with van der Waals surface area (Å²) in [6.45, 7) is 0.933. The number of nitrogens with zero attached hydrogens (tertiary/aromatic N) is 2. The van der Waals surface area contributed by atoms with Crippen LogP contribution in [0, 0.1) is 10.1 Å². The molecule has 0 fully saturated rings. The second-order valence-electron chi connectivity index (χ2n) is 4.86. The molecule has 1 aliphatic heterocycles. The highest BCUT2D eigenvalue weighted by Crippen LogP contribution is 2.26. The Labute approximate surface area is 120 Å². The summed E-state index contributed by atoms with van der Waals surface area (Å²) in [5.74, 6) is -0.801. The molecule has 1 amide bonds. The number of benzene rings is 1. The Balaban J connectivity index is 1.82. The average Bonchev–Trinajstić information content (AvgIpc) is 2.96. The summed E-state index contributed by atoms with van der Waals surface area (Å²) in [4.78, 5) is 23.8. The molecule has 7 nitrogen and oxygen atoms in total. The van der Waals surface area contributed by atoms with Crippen LogP contribution in [0.3, 0.4) is 0 Å². The van der Waals surface area contributed by atoms with E-state index in [4.69, 9.17) is 10.2 Å². The summed E-state index contributed by atoms with van der Waals surface area (Å²) in [6, 6.07) is 8.13. The van der Waals surface area contributed by atoms with E-state index in [0.29, 0.717) is 19.5 Å². The highest BCUT2D eigenvalue weighted by Gasteiger charge is 2.26. The third-order valence-electron chi connectivity index (χ3n) is 3.57. The molecule has 2 N–H and O–H groups in total. The Kier molecular flexibility index (Phi) is 3.09. The number of amides is 1. The van der Waals surface area contributed by atoms with Crippen LogP contribution in [0.4, 0.5) is 11.6 Å². The molecule has 0 bridgehead atoms. The lowest BCUT2D eigenvalue weighted by Crippen LogP contribution is -2.36. The van der Waals surface area contributed by atoms with Crippen LogP contribution in [0.5, 0.6) is 0 Å². The molecule has 3 rings (SSSR count). The molecule has 0 aliphatic carbocycles. The summed E-state index contributed by atoms with van der Waals surface area (Å²) in [5, 5.41) is 10.6. The molecule has 7 heteroatoms. The van der Waals surface area contributed by atoms with Gasteiger partial charge < -0.3 is 15.1 Å². The van der Waals surface area contributed by atoms with Gasteiger partial charge in [0.25, 0.3) is 5.91 Å². The number of hydrogen-bond donors (Lipinski definition) is 1. The van der Waals surface area contributed by atoms with Crippen molar-refractivity contribution in [3.8, 4) is 0 Å². The van der Waals surface area contributed by atoms with Crippen LogP contribution in [0.25, 0.3) is 0 Å². The molecule has 0 saturated heterocycles. The van der Waals surface area contributed by atoms with Gasteiger partial charge >= 0.3 is 5.88 Å². The van der Waals surface area contributed by atoms with E-state index in [0.717, 1.165) is 16.8 Å². The number of nitro groups is 1. The van der Waals surface area contributed by atoms with Crippen molar-refractivity contribution < 1.29 is 14.1 Å². The first-order valence-corrected chi connectivity index (χ1v) is 6.46.